The highest BCUT2D eigenvalue weighted by Gasteiger charge is 2.38. The minimum absolute atomic E-state index is 0.145. The van der Waals surface area contributed by atoms with E-state index in [1.54, 1.807) is 29.3 Å². The van der Waals surface area contributed by atoms with E-state index in [2.05, 4.69) is 10.3 Å². The number of carbonyl (C=O) groups is 2. The van der Waals surface area contributed by atoms with Gasteiger partial charge in [0.05, 0.1) is 6.04 Å². The van der Waals surface area contributed by atoms with E-state index in [-0.39, 0.29) is 18.2 Å². The van der Waals surface area contributed by atoms with Crippen LogP contribution >= 0.6 is 0 Å². The van der Waals surface area contributed by atoms with Crippen molar-refractivity contribution in [2.75, 3.05) is 5.32 Å². The number of aromatic nitrogens is 1. The number of hydrogen-bond acceptors (Lipinski definition) is 3. The second-order valence-corrected chi connectivity index (χ2v) is 7.94. The predicted molar refractivity (Wildman–Crippen MR) is 117 cm³/mol. The zero-order chi connectivity index (χ0) is 22.0. The van der Waals surface area contributed by atoms with Crippen LogP contribution in [0, 0.1) is 19.7 Å². The van der Waals surface area contributed by atoms with Crippen LogP contribution in [-0.4, -0.2) is 21.7 Å². The highest BCUT2D eigenvalue weighted by Crippen LogP contribution is 2.39. The van der Waals surface area contributed by atoms with Gasteiger partial charge in [-0.2, -0.15) is 0 Å². The van der Waals surface area contributed by atoms with Crippen LogP contribution in [-0.2, 0) is 11.3 Å². The summed E-state index contributed by atoms with van der Waals surface area (Å²) in [6.45, 7) is 4.28. The molecule has 0 aliphatic carbocycles. The number of benzene rings is 2. The number of hydrogen-bond donors (Lipinski definition) is 1. The van der Waals surface area contributed by atoms with E-state index in [4.69, 9.17) is 0 Å². The van der Waals surface area contributed by atoms with Crippen molar-refractivity contribution in [2.45, 2.75) is 39.3 Å². The highest BCUT2D eigenvalue weighted by atomic mass is 19.1. The molecule has 1 atom stereocenters. The van der Waals surface area contributed by atoms with Crippen LogP contribution in [0.1, 0.15) is 51.5 Å². The molecule has 1 aliphatic heterocycles. The molecule has 2 aromatic carbocycles. The summed E-state index contributed by atoms with van der Waals surface area (Å²) in [5.74, 6) is -0.367. The van der Waals surface area contributed by atoms with Crippen molar-refractivity contribution in [3.63, 3.8) is 0 Å². The number of anilines is 1. The largest absolute Gasteiger partial charge is 0.327 e. The zero-order valence-corrected chi connectivity index (χ0v) is 17.6. The van der Waals surface area contributed by atoms with Crippen molar-refractivity contribution in [1.82, 2.24) is 9.88 Å². The van der Waals surface area contributed by atoms with E-state index in [0.29, 0.717) is 29.9 Å². The lowest BCUT2D eigenvalue weighted by molar-refractivity contribution is -0.116. The Bertz CT molecular complexity index is 1110. The van der Waals surface area contributed by atoms with Crippen molar-refractivity contribution in [3.05, 3.63) is 94.4 Å². The fourth-order valence-corrected chi connectivity index (χ4v) is 3.90. The summed E-state index contributed by atoms with van der Waals surface area (Å²) in [7, 11) is 0. The molecular formula is C25H24FN3O2. The average molecular weight is 417 g/mol. The van der Waals surface area contributed by atoms with E-state index in [1.807, 2.05) is 44.2 Å². The second kappa shape index (κ2) is 8.68. The van der Waals surface area contributed by atoms with E-state index in [9.17, 15) is 14.0 Å². The number of amides is 2. The molecule has 1 N–H and O–H groups in total. The lowest BCUT2D eigenvalue weighted by Gasteiger charge is -2.25. The standard InChI is InChI=1S/C25H24FN3O2/c1-16-6-9-18(10-7-16)15-29-21(24-19(25(29)31)4-3-5-20(24)26)11-13-23(30)28-22-12-8-17(2)14-27-22/h3-10,12,14,21H,11,13,15H2,1-2H3,(H,27,28,30). The van der Waals surface area contributed by atoms with E-state index in [0.717, 1.165) is 16.7 Å². The lowest BCUT2D eigenvalue weighted by Crippen LogP contribution is -2.28. The van der Waals surface area contributed by atoms with Gasteiger partial charge in [0, 0.05) is 30.3 Å². The van der Waals surface area contributed by atoms with Gasteiger partial charge in [-0.15, -0.1) is 0 Å². The maximum absolute atomic E-state index is 14.7. The molecule has 4 rings (SSSR count). The topological polar surface area (TPSA) is 62.3 Å². The highest BCUT2D eigenvalue weighted by molar-refractivity contribution is 5.99. The van der Waals surface area contributed by atoms with Crippen LogP contribution in [0.4, 0.5) is 10.2 Å². The van der Waals surface area contributed by atoms with Crippen LogP contribution in [0.3, 0.4) is 0 Å². The molecule has 158 valence electrons. The molecule has 0 fully saturated rings. The van der Waals surface area contributed by atoms with Gasteiger partial charge in [-0.3, -0.25) is 9.59 Å². The Morgan fingerprint density at radius 1 is 1.06 bits per heavy atom. The third-order valence-corrected chi connectivity index (χ3v) is 5.55. The zero-order valence-electron chi connectivity index (χ0n) is 17.6. The number of nitrogens with one attached hydrogen (secondary N) is 1. The molecule has 6 heteroatoms. The van der Waals surface area contributed by atoms with Crippen LogP contribution in [0.15, 0.2) is 60.8 Å². The quantitative estimate of drug-likeness (QED) is 0.617. The Balaban J connectivity index is 1.53. The van der Waals surface area contributed by atoms with Gasteiger partial charge in [-0.25, -0.2) is 9.37 Å². The number of nitrogens with zero attached hydrogens (tertiary/aromatic N) is 2. The minimum Gasteiger partial charge on any atom is -0.327 e. The normalized spacial score (nSPS) is 15.1. The molecule has 2 amide bonds. The molecule has 1 aromatic heterocycles. The molecule has 5 nitrogen and oxygen atoms in total. The molecule has 31 heavy (non-hydrogen) atoms. The number of halogens is 1. The number of carbonyl (C=O) groups excluding carboxylic acids is 2. The number of fused-ring (bicyclic) bond motifs is 1. The number of aryl methyl sites for hydroxylation is 2. The maximum Gasteiger partial charge on any atom is 0.255 e. The SMILES string of the molecule is Cc1ccc(CN2C(=O)c3cccc(F)c3C2CCC(=O)Nc2ccc(C)cn2)cc1. The van der Waals surface area contributed by atoms with E-state index >= 15 is 0 Å². The summed E-state index contributed by atoms with van der Waals surface area (Å²) in [5.41, 5.74) is 3.84. The van der Waals surface area contributed by atoms with Crippen molar-refractivity contribution in [1.29, 1.82) is 0 Å². The fraction of sp³-hybridized carbons (Fsp3) is 0.240. The van der Waals surface area contributed by atoms with Gasteiger partial charge < -0.3 is 10.2 Å². The van der Waals surface area contributed by atoms with Crippen LogP contribution in [0.5, 0.6) is 0 Å². The molecule has 0 saturated heterocycles. The van der Waals surface area contributed by atoms with Gasteiger partial charge in [0.25, 0.3) is 5.91 Å². The molecule has 0 saturated carbocycles. The first-order chi connectivity index (χ1) is 14.9. The Hall–Kier alpha value is -3.54. The van der Waals surface area contributed by atoms with E-state index in [1.165, 1.54) is 6.07 Å². The molecule has 0 spiro atoms. The Morgan fingerprint density at radius 3 is 2.52 bits per heavy atom. The van der Waals surface area contributed by atoms with Crippen LogP contribution in [0.25, 0.3) is 0 Å². The van der Waals surface area contributed by atoms with Gasteiger partial charge >= 0.3 is 0 Å². The summed E-state index contributed by atoms with van der Waals surface area (Å²) in [6, 6.07) is 15.6. The Morgan fingerprint density at radius 2 is 1.81 bits per heavy atom. The van der Waals surface area contributed by atoms with Gasteiger partial charge in [-0.05, 0) is 49.6 Å². The molecule has 0 radical (unpaired) electrons. The summed E-state index contributed by atoms with van der Waals surface area (Å²) in [5, 5.41) is 2.77. The van der Waals surface area contributed by atoms with Crippen molar-refractivity contribution < 1.29 is 14.0 Å². The molecule has 0 bridgehead atoms. The predicted octanol–water partition coefficient (Wildman–Crippen LogP) is 4.95. The summed E-state index contributed by atoms with van der Waals surface area (Å²) in [4.78, 5) is 31.4. The minimum atomic E-state index is -0.498. The molecule has 1 aliphatic rings. The Labute approximate surface area is 180 Å². The van der Waals surface area contributed by atoms with Gasteiger partial charge in [0.15, 0.2) is 0 Å². The second-order valence-electron chi connectivity index (χ2n) is 7.94. The Kier molecular flexibility index (Phi) is 5.80. The molecule has 3 aromatic rings. The summed E-state index contributed by atoms with van der Waals surface area (Å²) < 4.78 is 14.7. The lowest BCUT2D eigenvalue weighted by atomic mass is 9.99. The number of pyridine rings is 1. The fourth-order valence-electron chi connectivity index (χ4n) is 3.90. The smallest absolute Gasteiger partial charge is 0.255 e. The molecule has 1 unspecified atom stereocenters. The van der Waals surface area contributed by atoms with Gasteiger partial charge in [0.2, 0.25) is 5.91 Å². The summed E-state index contributed by atoms with van der Waals surface area (Å²) >= 11 is 0. The first kappa shape index (κ1) is 20.7. The van der Waals surface area contributed by atoms with Crippen LogP contribution in [0.2, 0.25) is 0 Å². The summed E-state index contributed by atoms with van der Waals surface area (Å²) in [6.07, 6.45) is 2.15. The maximum atomic E-state index is 14.7. The van der Waals surface area contributed by atoms with Gasteiger partial charge in [0.1, 0.15) is 11.6 Å². The van der Waals surface area contributed by atoms with Gasteiger partial charge in [-0.1, -0.05) is 42.0 Å². The number of rotatable bonds is 6. The first-order valence-corrected chi connectivity index (χ1v) is 10.3. The molecule has 2 heterocycles. The van der Waals surface area contributed by atoms with Crippen molar-refractivity contribution in [3.8, 4) is 0 Å². The molecular weight excluding hydrogens is 393 g/mol. The van der Waals surface area contributed by atoms with Crippen LogP contribution < -0.4 is 5.32 Å². The van der Waals surface area contributed by atoms with Crippen molar-refractivity contribution >= 4 is 17.6 Å². The third-order valence-electron chi connectivity index (χ3n) is 5.55. The van der Waals surface area contributed by atoms with Crippen molar-refractivity contribution in [2.24, 2.45) is 0 Å². The monoisotopic (exact) mass is 417 g/mol. The third kappa shape index (κ3) is 4.48. The first-order valence-electron chi connectivity index (χ1n) is 10.3. The van der Waals surface area contributed by atoms with E-state index < -0.39 is 11.9 Å². The average Bonchev–Trinajstić information content (AvgIpc) is 3.02.